The summed E-state index contributed by atoms with van der Waals surface area (Å²) in [7, 11) is 1.36. The minimum absolute atomic E-state index is 0.130. The zero-order valence-corrected chi connectivity index (χ0v) is 19.6. The van der Waals surface area contributed by atoms with Crippen LogP contribution < -0.4 is 15.8 Å². The van der Waals surface area contributed by atoms with E-state index in [0.29, 0.717) is 32.1 Å². The van der Waals surface area contributed by atoms with Crippen LogP contribution in [-0.2, 0) is 5.75 Å². The van der Waals surface area contributed by atoms with Crippen molar-refractivity contribution in [1.82, 2.24) is 9.78 Å². The van der Waals surface area contributed by atoms with Gasteiger partial charge in [0.15, 0.2) is 0 Å². The highest BCUT2D eigenvalue weighted by Gasteiger charge is 2.15. The highest BCUT2D eigenvalue weighted by atomic mass is 35.5. The third kappa shape index (κ3) is 5.02. The van der Waals surface area contributed by atoms with Gasteiger partial charge in [-0.25, -0.2) is 4.79 Å². The first-order chi connectivity index (χ1) is 15.4. The normalized spacial score (nSPS) is 10.8. The molecule has 4 aromatic rings. The minimum atomic E-state index is -0.667. The molecule has 0 spiro atoms. The smallest absolute Gasteiger partial charge is 0.444 e. The van der Waals surface area contributed by atoms with Gasteiger partial charge in [0.05, 0.1) is 12.8 Å². The van der Waals surface area contributed by atoms with E-state index in [1.807, 2.05) is 17.5 Å². The molecule has 164 valence electrons. The Morgan fingerprint density at radius 3 is 2.69 bits per heavy atom. The average molecular weight is 508 g/mol. The summed E-state index contributed by atoms with van der Waals surface area (Å²) in [6.07, 6.45) is -0.130. The molecule has 0 aliphatic rings. The van der Waals surface area contributed by atoms with Crippen LogP contribution in [0.1, 0.15) is 15.2 Å². The Morgan fingerprint density at radius 2 is 2.00 bits per heavy atom. The summed E-state index contributed by atoms with van der Waals surface area (Å²) in [5.74, 6) is -0.283. The lowest BCUT2D eigenvalue weighted by molar-refractivity contribution is 0.102. The lowest BCUT2D eigenvalue weighted by atomic mass is 10.2. The van der Waals surface area contributed by atoms with Gasteiger partial charge in [0.1, 0.15) is 4.88 Å². The van der Waals surface area contributed by atoms with E-state index in [9.17, 15) is 9.59 Å². The predicted octanol–water partition coefficient (Wildman–Crippen LogP) is 5.75. The number of amides is 1. The first-order valence-electron chi connectivity index (χ1n) is 9.15. The summed E-state index contributed by atoms with van der Waals surface area (Å²) in [5, 5.41) is 9.82. The van der Waals surface area contributed by atoms with Crippen molar-refractivity contribution in [2.45, 2.75) is 10.6 Å². The molecule has 0 fully saturated rings. The van der Waals surface area contributed by atoms with Gasteiger partial charge in [0, 0.05) is 26.4 Å². The van der Waals surface area contributed by atoms with E-state index < -0.39 is 5.76 Å². The SMILES string of the molecule is COc1nn(-c2ccc(NC(=O)c3sccc3SCc3ccc(Cl)cc3Cl)cc2)c(=O)o1. The van der Waals surface area contributed by atoms with Crippen LogP contribution in [0.4, 0.5) is 5.69 Å². The Balaban J connectivity index is 1.44. The van der Waals surface area contributed by atoms with Gasteiger partial charge in [-0.3, -0.25) is 4.79 Å². The first-order valence-corrected chi connectivity index (χ1v) is 11.8. The number of hydrogen-bond donors (Lipinski definition) is 1. The molecule has 1 amide bonds. The summed E-state index contributed by atoms with van der Waals surface area (Å²) < 4.78 is 10.7. The van der Waals surface area contributed by atoms with Crippen molar-refractivity contribution in [1.29, 1.82) is 0 Å². The number of nitrogens with one attached hydrogen (secondary N) is 1. The van der Waals surface area contributed by atoms with Crippen LogP contribution in [0.5, 0.6) is 6.08 Å². The Hall–Kier alpha value is -2.72. The summed E-state index contributed by atoms with van der Waals surface area (Å²) >= 11 is 15.1. The quantitative estimate of drug-likeness (QED) is 0.320. The van der Waals surface area contributed by atoms with Crippen molar-refractivity contribution in [2.75, 3.05) is 12.4 Å². The van der Waals surface area contributed by atoms with E-state index in [1.165, 1.54) is 30.2 Å². The number of rotatable bonds is 7. The molecule has 2 aromatic carbocycles. The standard InChI is InChI=1S/C21H15Cl2N3O4S2/c1-29-20-25-26(21(28)30-20)15-6-4-14(5-7-15)24-19(27)18-17(8-9-31-18)32-11-12-2-3-13(22)10-16(12)23/h2-10H,11H2,1H3,(H,24,27). The molecule has 1 N–H and O–H groups in total. The molecule has 0 atom stereocenters. The van der Waals surface area contributed by atoms with Gasteiger partial charge in [-0.15, -0.1) is 23.1 Å². The van der Waals surface area contributed by atoms with Crippen LogP contribution in [0.2, 0.25) is 10.0 Å². The lowest BCUT2D eigenvalue weighted by Gasteiger charge is -2.08. The predicted molar refractivity (Wildman–Crippen MR) is 127 cm³/mol. The number of carbonyl (C=O) groups excluding carboxylic acids is 1. The molecule has 11 heteroatoms. The Morgan fingerprint density at radius 1 is 1.22 bits per heavy atom. The van der Waals surface area contributed by atoms with Gasteiger partial charge in [0.25, 0.3) is 5.91 Å². The molecule has 0 saturated heterocycles. The van der Waals surface area contributed by atoms with E-state index in [2.05, 4.69) is 10.4 Å². The number of thiophene rings is 1. The topological polar surface area (TPSA) is 86.4 Å². The summed E-state index contributed by atoms with van der Waals surface area (Å²) in [6, 6.07) is 13.9. The molecule has 4 rings (SSSR count). The number of ether oxygens (including phenoxy) is 1. The zero-order chi connectivity index (χ0) is 22.7. The summed E-state index contributed by atoms with van der Waals surface area (Å²) in [5.41, 5.74) is 1.99. The van der Waals surface area contributed by atoms with E-state index >= 15 is 0 Å². The molecule has 0 aliphatic carbocycles. The van der Waals surface area contributed by atoms with E-state index in [-0.39, 0.29) is 12.0 Å². The van der Waals surface area contributed by atoms with E-state index in [4.69, 9.17) is 32.4 Å². The molecule has 0 bridgehead atoms. The third-order valence-corrected chi connectivity index (χ3v) is 7.04. The molecule has 32 heavy (non-hydrogen) atoms. The van der Waals surface area contributed by atoms with Crippen molar-refractivity contribution in [3.63, 3.8) is 0 Å². The fraction of sp³-hybridized carbons (Fsp3) is 0.0952. The van der Waals surface area contributed by atoms with Crippen molar-refractivity contribution >= 4 is 57.9 Å². The number of benzene rings is 2. The molecule has 7 nitrogen and oxygen atoms in total. The minimum Gasteiger partial charge on any atom is -0.452 e. The van der Waals surface area contributed by atoms with Crippen LogP contribution >= 0.6 is 46.3 Å². The second-order valence-corrected chi connectivity index (χ2v) is 9.17. The number of hydrogen-bond acceptors (Lipinski definition) is 7. The average Bonchev–Trinajstić information content (AvgIpc) is 3.40. The molecule has 2 aromatic heterocycles. The molecule has 0 radical (unpaired) electrons. The number of methoxy groups -OCH3 is 1. The Kier molecular flexibility index (Phi) is 6.90. The largest absolute Gasteiger partial charge is 0.452 e. The van der Waals surface area contributed by atoms with Gasteiger partial charge in [-0.2, -0.15) is 4.68 Å². The van der Waals surface area contributed by atoms with Crippen molar-refractivity contribution < 1.29 is 13.9 Å². The van der Waals surface area contributed by atoms with Gasteiger partial charge in [0.2, 0.25) is 0 Å². The number of halogens is 2. The monoisotopic (exact) mass is 507 g/mol. The highest BCUT2D eigenvalue weighted by molar-refractivity contribution is 7.98. The van der Waals surface area contributed by atoms with Crippen LogP contribution in [0.15, 0.2) is 68.0 Å². The van der Waals surface area contributed by atoms with Crippen LogP contribution in [0, 0.1) is 0 Å². The van der Waals surface area contributed by atoms with Crippen molar-refractivity contribution in [3.8, 4) is 11.8 Å². The van der Waals surface area contributed by atoms with E-state index in [0.717, 1.165) is 15.1 Å². The third-order valence-electron chi connectivity index (χ3n) is 4.31. The van der Waals surface area contributed by atoms with Gasteiger partial charge < -0.3 is 14.5 Å². The van der Waals surface area contributed by atoms with Crippen molar-refractivity contribution in [3.05, 3.63) is 84.9 Å². The van der Waals surface area contributed by atoms with Crippen molar-refractivity contribution in [2.24, 2.45) is 0 Å². The molecular formula is C21H15Cl2N3O4S2. The van der Waals surface area contributed by atoms with Gasteiger partial charge >= 0.3 is 11.8 Å². The Labute approximate surface area is 200 Å². The molecule has 2 heterocycles. The highest BCUT2D eigenvalue weighted by Crippen LogP contribution is 2.33. The molecule has 0 unspecified atom stereocenters. The summed E-state index contributed by atoms with van der Waals surface area (Å²) in [4.78, 5) is 26.1. The number of carbonyl (C=O) groups is 1. The number of nitrogens with zero attached hydrogens (tertiary/aromatic N) is 2. The van der Waals surface area contributed by atoms with Crippen LogP contribution in [0.25, 0.3) is 5.69 Å². The fourth-order valence-electron chi connectivity index (χ4n) is 2.75. The second kappa shape index (κ2) is 9.83. The maximum atomic E-state index is 12.8. The number of anilines is 1. The van der Waals surface area contributed by atoms with Crippen LogP contribution in [0.3, 0.4) is 0 Å². The van der Waals surface area contributed by atoms with Gasteiger partial charge in [-0.1, -0.05) is 34.4 Å². The van der Waals surface area contributed by atoms with E-state index in [1.54, 1.807) is 36.4 Å². The molecule has 0 aliphatic heterocycles. The summed E-state index contributed by atoms with van der Waals surface area (Å²) in [6.45, 7) is 0. The maximum absolute atomic E-state index is 12.8. The Bertz CT molecular complexity index is 1320. The second-order valence-electron chi connectivity index (χ2n) is 6.39. The number of thioether (sulfide) groups is 1. The zero-order valence-electron chi connectivity index (χ0n) is 16.5. The number of aromatic nitrogens is 2. The van der Waals surface area contributed by atoms with Crippen LogP contribution in [-0.4, -0.2) is 22.8 Å². The molecule has 0 saturated carbocycles. The maximum Gasteiger partial charge on any atom is 0.444 e. The first kappa shape index (κ1) is 22.5. The van der Waals surface area contributed by atoms with Gasteiger partial charge in [-0.05, 0) is 53.4 Å². The molecular weight excluding hydrogens is 493 g/mol. The lowest BCUT2D eigenvalue weighted by Crippen LogP contribution is -2.14. The fourth-order valence-corrected chi connectivity index (χ4v) is 5.35.